The van der Waals surface area contributed by atoms with Crippen LogP contribution in [0.5, 0.6) is 0 Å². The Balaban J connectivity index is 2.00. The number of nitrogens with zero attached hydrogens (tertiary/aromatic N) is 1. The molecule has 126 valence electrons. The summed E-state index contributed by atoms with van der Waals surface area (Å²) in [6.45, 7) is 0. The van der Waals surface area contributed by atoms with E-state index in [-0.39, 0.29) is 12.2 Å². The van der Waals surface area contributed by atoms with Gasteiger partial charge in [-0.15, -0.1) is 0 Å². The number of rotatable bonds is 7. The highest BCUT2D eigenvalue weighted by Gasteiger charge is 2.23. The summed E-state index contributed by atoms with van der Waals surface area (Å²) in [5.74, 6) is -0.735. The topological polar surface area (TPSA) is 85.4 Å². The summed E-state index contributed by atoms with van der Waals surface area (Å²) in [4.78, 5) is 28.6. The van der Waals surface area contributed by atoms with Gasteiger partial charge in [0.05, 0.1) is 17.9 Å². The lowest BCUT2D eigenvalue weighted by molar-refractivity contribution is -0.142. The minimum absolute atomic E-state index is 0.213. The number of pyridine rings is 1. The first-order chi connectivity index (χ1) is 11.6. The van der Waals surface area contributed by atoms with E-state index < -0.39 is 28.7 Å². The molecule has 0 radical (unpaired) electrons. The van der Waals surface area contributed by atoms with Crippen molar-refractivity contribution >= 4 is 22.7 Å². The number of aromatic nitrogens is 1. The van der Waals surface area contributed by atoms with E-state index in [4.69, 9.17) is 4.74 Å². The van der Waals surface area contributed by atoms with Gasteiger partial charge in [-0.05, 0) is 30.7 Å². The number of amides is 1. The van der Waals surface area contributed by atoms with E-state index in [1.807, 2.05) is 6.07 Å². The van der Waals surface area contributed by atoms with Crippen molar-refractivity contribution in [3.05, 3.63) is 60.4 Å². The molecule has 1 aromatic carbocycles. The maximum absolute atomic E-state index is 12.3. The molecule has 0 unspecified atom stereocenters. The van der Waals surface area contributed by atoms with Gasteiger partial charge in [-0.1, -0.05) is 18.2 Å². The maximum atomic E-state index is 12.3. The van der Waals surface area contributed by atoms with E-state index in [9.17, 15) is 13.8 Å². The third-order valence-corrected chi connectivity index (χ3v) is 4.74. The van der Waals surface area contributed by atoms with Crippen molar-refractivity contribution in [1.82, 2.24) is 10.3 Å². The number of ether oxygens (including phenoxy) is 1. The summed E-state index contributed by atoms with van der Waals surface area (Å²) in [5.41, 5.74) is 0.392. The summed E-state index contributed by atoms with van der Waals surface area (Å²) >= 11 is 0. The van der Waals surface area contributed by atoms with Crippen molar-refractivity contribution in [2.75, 3.05) is 12.9 Å². The molecule has 2 rings (SSSR count). The Morgan fingerprint density at radius 1 is 1.17 bits per heavy atom. The highest BCUT2D eigenvalue weighted by atomic mass is 32.2. The number of benzene rings is 1. The van der Waals surface area contributed by atoms with Gasteiger partial charge in [0, 0.05) is 28.6 Å². The largest absolute Gasteiger partial charge is 0.467 e. The second-order valence-electron chi connectivity index (χ2n) is 4.94. The van der Waals surface area contributed by atoms with E-state index in [2.05, 4.69) is 10.3 Å². The van der Waals surface area contributed by atoms with Crippen LogP contribution >= 0.6 is 0 Å². The first-order valence-corrected chi connectivity index (χ1v) is 8.66. The van der Waals surface area contributed by atoms with Crippen molar-refractivity contribution < 1.29 is 18.5 Å². The molecule has 0 spiro atoms. The van der Waals surface area contributed by atoms with Gasteiger partial charge in [-0.3, -0.25) is 14.0 Å². The molecule has 0 bridgehead atoms. The summed E-state index contributed by atoms with van der Waals surface area (Å²) in [7, 11) is 0.00117. The van der Waals surface area contributed by atoms with Crippen molar-refractivity contribution in [1.29, 1.82) is 0 Å². The molecule has 0 saturated heterocycles. The number of hydrogen-bond donors (Lipinski definition) is 1. The van der Waals surface area contributed by atoms with Crippen LogP contribution in [-0.2, 0) is 20.3 Å². The molecule has 0 saturated carbocycles. The van der Waals surface area contributed by atoms with Crippen molar-refractivity contribution in [2.24, 2.45) is 0 Å². The van der Waals surface area contributed by atoms with Gasteiger partial charge in [0.15, 0.2) is 0 Å². The highest BCUT2D eigenvalue weighted by Crippen LogP contribution is 2.09. The van der Waals surface area contributed by atoms with Crippen LogP contribution in [0.2, 0.25) is 0 Å². The van der Waals surface area contributed by atoms with Gasteiger partial charge in [0.25, 0.3) is 5.91 Å². The number of methoxy groups -OCH3 is 1. The zero-order chi connectivity index (χ0) is 17.4. The fourth-order valence-electron chi connectivity index (χ4n) is 2.05. The number of esters is 1. The van der Waals surface area contributed by atoms with E-state index in [0.717, 1.165) is 0 Å². The van der Waals surface area contributed by atoms with Gasteiger partial charge < -0.3 is 10.1 Å². The molecule has 7 heteroatoms. The quantitative estimate of drug-likeness (QED) is 0.769. The molecule has 1 amide bonds. The molecule has 0 aliphatic heterocycles. The van der Waals surface area contributed by atoms with Crippen molar-refractivity contribution in [3.63, 3.8) is 0 Å². The lowest BCUT2D eigenvalue weighted by Crippen LogP contribution is -2.42. The molecule has 2 atom stereocenters. The normalized spacial score (nSPS) is 12.9. The highest BCUT2D eigenvalue weighted by molar-refractivity contribution is 7.85. The average Bonchev–Trinajstić information content (AvgIpc) is 2.65. The Bertz CT molecular complexity index is 707. The average molecular weight is 346 g/mol. The lowest BCUT2D eigenvalue weighted by Gasteiger charge is -2.16. The fraction of sp³-hybridized carbons (Fsp3) is 0.235. The van der Waals surface area contributed by atoms with Crippen LogP contribution in [0.1, 0.15) is 16.8 Å². The number of carbonyl (C=O) groups excluding carboxylic acids is 2. The predicted molar refractivity (Wildman–Crippen MR) is 89.8 cm³/mol. The van der Waals surface area contributed by atoms with E-state index in [1.165, 1.54) is 19.5 Å². The molecule has 1 heterocycles. The van der Waals surface area contributed by atoms with Gasteiger partial charge in [0.2, 0.25) is 0 Å². The third-order valence-electron chi connectivity index (χ3n) is 3.33. The fourth-order valence-corrected chi connectivity index (χ4v) is 3.20. The second kappa shape index (κ2) is 8.93. The molecule has 0 fully saturated rings. The number of hydrogen-bond acceptors (Lipinski definition) is 5. The first-order valence-electron chi connectivity index (χ1n) is 7.34. The van der Waals surface area contributed by atoms with Crippen LogP contribution in [-0.4, -0.2) is 40.0 Å². The smallest absolute Gasteiger partial charge is 0.328 e. The van der Waals surface area contributed by atoms with Crippen molar-refractivity contribution in [2.45, 2.75) is 17.4 Å². The van der Waals surface area contributed by atoms with E-state index >= 15 is 0 Å². The molecule has 0 aliphatic carbocycles. The number of carbonyl (C=O) groups is 2. The molecule has 1 N–H and O–H groups in total. The standard InChI is InChI=1S/C17H18N2O4S/c1-23-17(21)15(19-16(20)13-7-10-18-11-8-13)9-12-24(22)14-5-3-2-4-6-14/h2-8,10-11,15H,9,12H2,1H3,(H,19,20)/t15-,24+/m0/s1. The molecular weight excluding hydrogens is 328 g/mol. The maximum Gasteiger partial charge on any atom is 0.328 e. The zero-order valence-corrected chi connectivity index (χ0v) is 14.0. The monoisotopic (exact) mass is 346 g/mol. The zero-order valence-electron chi connectivity index (χ0n) is 13.2. The molecule has 6 nitrogen and oxygen atoms in total. The van der Waals surface area contributed by atoms with E-state index in [0.29, 0.717) is 10.5 Å². The Kier molecular flexibility index (Phi) is 6.62. The molecule has 24 heavy (non-hydrogen) atoms. The number of nitrogens with one attached hydrogen (secondary N) is 1. The SMILES string of the molecule is COC(=O)[C@H](CC[S@@](=O)c1ccccc1)NC(=O)c1ccncc1. The van der Waals surface area contributed by atoms with Crippen LogP contribution < -0.4 is 5.32 Å². The Morgan fingerprint density at radius 3 is 2.46 bits per heavy atom. The van der Waals surface area contributed by atoms with Crippen LogP contribution in [0.15, 0.2) is 59.8 Å². The minimum atomic E-state index is -1.25. The van der Waals surface area contributed by atoms with Crippen LogP contribution in [0.4, 0.5) is 0 Å². The first kappa shape index (κ1) is 17.8. The Labute approximate surface area is 142 Å². The van der Waals surface area contributed by atoms with Gasteiger partial charge in [-0.2, -0.15) is 0 Å². The molecule has 2 aromatic rings. The van der Waals surface area contributed by atoms with Gasteiger partial charge >= 0.3 is 5.97 Å². The lowest BCUT2D eigenvalue weighted by atomic mass is 10.2. The Morgan fingerprint density at radius 2 is 1.83 bits per heavy atom. The predicted octanol–water partition coefficient (Wildman–Crippen LogP) is 1.55. The van der Waals surface area contributed by atoms with Gasteiger partial charge in [0.1, 0.15) is 6.04 Å². The minimum Gasteiger partial charge on any atom is -0.467 e. The van der Waals surface area contributed by atoms with E-state index in [1.54, 1.807) is 36.4 Å². The summed E-state index contributed by atoms with van der Waals surface area (Å²) in [6.07, 6.45) is 3.20. The third kappa shape index (κ3) is 4.99. The molecule has 0 aliphatic rings. The van der Waals surface area contributed by atoms with Crippen LogP contribution in [0.25, 0.3) is 0 Å². The van der Waals surface area contributed by atoms with Gasteiger partial charge in [-0.25, -0.2) is 4.79 Å². The summed E-state index contributed by atoms with van der Waals surface area (Å²) in [5, 5.41) is 2.62. The molecular formula is C17H18N2O4S. The summed E-state index contributed by atoms with van der Waals surface area (Å²) in [6, 6.07) is 11.2. The Hall–Kier alpha value is -2.54. The molecule has 1 aromatic heterocycles. The van der Waals surface area contributed by atoms with Crippen molar-refractivity contribution in [3.8, 4) is 0 Å². The summed E-state index contributed by atoms with van der Waals surface area (Å²) < 4.78 is 17.0. The van der Waals surface area contributed by atoms with Crippen LogP contribution in [0.3, 0.4) is 0 Å². The van der Waals surface area contributed by atoms with Crippen LogP contribution in [0, 0.1) is 0 Å². The second-order valence-corrected chi connectivity index (χ2v) is 6.51.